The van der Waals surface area contributed by atoms with Crippen molar-refractivity contribution in [3.8, 4) is 0 Å². The fourth-order valence-corrected chi connectivity index (χ4v) is 2.41. The van der Waals surface area contributed by atoms with Crippen LogP contribution in [0, 0.1) is 5.82 Å². The third-order valence-corrected chi connectivity index (χ3v) is 3.53. The molecule has 1 unspecified atom stereocenters. The highest BCUT2D eigenvalue weighted by atomic mass is 19.1. The van der Waals surface area contributed by atoms with Crippen LogP contribution in [0.2, 0.25) is 0 Å². The Labute approximate surface area is 109 Å². The van der Waals surface area contributed by atoms with Crippen molar-refractivity contribution in [1.82, 2.24) is 5.32 Å². The highest BCUT2D eigenvalue weighted by Crippen LogP contribution is 2.17. The first-order chi connectivity index (χ1) is 8.75. The first-order valence-corrected chi connectivity index (χ1v) is 6.86. The van der Waals surface area contributed by atoms with Crippen molar-refractivity contribution in [3.05, 3.63) is 35.6 Å². The Morgan fingerprint density at radius 1 is 1.50 bits per heavy atom. The van der Waals surface area contributed by atoms with Gasteiger partial charge < -0.3 is 10.1 Å². The van der Waals surface area contributed by atoms with Gasteiger partial charge in [0, 0.05) is 12.6 Å². The van der Waals surface area contributed by atoms with E-state index in [2.05, 4.69) is 12.2 Å². The molecule has 0 spiro atoms. The van der Waals surface area contributed by atoms with E-state index >= 15 is 0 Å². The van der Waals surface area contributed by atoms with Crippen LogP contribution in [0.25, 0.3) is 0 Å². The summed E-state index contributed by atoms with van der Waals surface area (Å²) in [5.74, 6) is -0.166. The van der Waals surface area contributed by atoms with Crippen LogP contribution in [0.5, 0.6) is 0 Å². The topological polar surface area (TPSA) is 21.3 Å². The third-order valence-electron chi connectivity index (χ3n) is 3.53. The molecule has 100 valence electrons. The van der Waals surface area contributed by atoms with Gasteiger partial charge in [0.2, 0.25) is 0 Å². The lowest BCUT2D eigenvalue weighted by atomic mass is 10.1. The molecule has 1 saturated heterocycles. The molecule has 0 aromatic heterocycles. The summed E-state index contributed by atoms with van der Waals surface area (Å²) in [6.45, 7) is 3.95. The molecule has 1 aromatic rings. The lowest BCUT2D eigenvalue weighted by Crippen LogP contribution is -2.21. The number of benzene rings is 1. The molecule has 2 nitrogen and oxygen atoms in total. The SMILES string of the molecule is C[C@H](NCCCC1CCCO1)c1cccc(F)c1. The minimum absolute atomic E-state index is 0.166. The number of hydrogen-bond donors (Lipinski definition) is 1. The Morgan fingerprint density at radius 3 is 3.11 bits per heavy atom. The quantitative estimate of drug-likeness (QED) is 0.782. The van der Waals surface area contributed by atoms with Gasteiger partial charge in [-0.25, -0.2) is 4.39 Å². The van der Waals surface area contributed by atoms with Gasteiger partial charge in [-0.3, -0.25) is 0 Å². The van der Waals surface area contributed by atoms with E-state index in [9.17, 15) is 4.39 Å². The van der Waals surface area contributed by atoms with Crippen LogP contribution in [-0.2, 0) is 4.74 Å². The normalized spacial score (nSPS) is 21.1. The maximum atomic E-state index is 13.1. The molecule has 1 fully saturated rings. The van der Waals surface area contributed by atoms with Gasteiger partial charge in [0.15, 0.2) is 0 Å². The lowest BCUT2D eigenvalue weighted by Gasteiger charge is -2.15. The van der Waals surface area contributed by atoms with Crippen molar-refractivity contribution >= 4 is 0 Å². The standard InChI is InChI=1S/C15H22FNO/c1-12(13-5-2-6-14(16)11-13)17-9-3-7-15-8-4-10-18-15/h2,5-6,11-12,15,17H,3-4,7-10H2,1H3/t12-,15?/m0/s1. The Kier molecular flexibility index (Phi) is 5.14. The summed E-state index contributed by atoms with van der Waals surface area (Å²) in [4.78, 5) is 0. The molecule has 2 rings (SSSR count). The summed E-state index contributed by atoms with van der Waals surface area (Å²) in [5, 5.41) is 3.43. The van der Waals surface area contributed by atoms with Gasteiger partial charge in [0.25, 0.3) is 0 Å². The molecule has 3 heteroatoms. The summed E-state index contributed by atoms with van der Waals surface area (Å²) in [7, 11) is 0. The minimum Gasteiger partial charge on any atom is -0.378 e. The zero-order valence-corrected chi connectivity index (χ0v) is 11.0. The number of ether oxygens (including phenoxy) is 1. The van der Waals surface area contributed by atoms with Crippen molar-refractivity contribution in [2.45, 2.75) is 44.8 Å². The monoisotopic (exact) mass is 251 g/mol. The van der Waals surface area contributed by atoms with Gasteiger partial charge in [-0.1, -0.05) is 12.1 Å². The van der Waals surface area contributed by atoms with Crippen molar-refractivity contribution in [2.24, 2.45) is 0 Å². The third kappa shape index (κ3) is 4.07. The Balaban J connectivity index is 1.66. The highest BCUT2D eigenvalue weighted by molar-refractivity contribution is 5.19. The maximum Gasteiger partial charge on any atom is 0.123 e. The van der Waals surface area contributed by atoms with Crippen molar-refractivity contribution in [1.29, 1.82) is 0 Å². The Morgan fingerprint density at radius 2 is 2.39 bits per heavy atom. The van der Waals surface area contributed by atoms with Crippen molar-refractivity contribution in [3.63, 3.8) is 0 Å². The molecule has 1 N–H and O–H groups in total. The van der Waals surface area contributed by atoms with Crippen LogP contribution < -0.4 is 5.32 Å². The first-order valence-electron chi connectivity index (χ1n) is 6.86. The van der Waals surface area contributed by atoms with E-state index in [-0.39, 0.29) is 11.9 Å². The van der Waals surface area contributed by atoms with E-state index in [0.717, 1.165) is 31.6 Å². The van der Waals surface area contributed by atoms with E-state index < -0.39 is 0 Å². The molecule has 2 atom stereocenters. The van der Waals surface area contributed by atoms with Crippen LogP contribution in [0.15, 0.2) is 24.3 Å². The Hall–Kier alpha value is -0.930. The van der Waals surface area contributed by atoms with E-state index in [1.807, 2.05) is 6.07 Å². The lowest BCUT2D eigenvalue weighted by molar-refractivity contribution is 0.102. The Bertz CT molecular complexity index is 363. The molecule has 0 amide bonds. The van der Waals surface area contributed by atoms with E-state index in [1.54, 1.807) is 12.1 Å². The fourth-order valence-electron chi connectivity index (χ4n) is 2.41. The fraction of sp³-hybridized carbons (Fsp3) is 0.600. The molecule has 1 aromatic carbocycles. The second-order valence-electron chi connectivity index (χ2n) is 5.01. The maximum absolute atomic E-state index is 13.1. The zero-order valence-electron chi connectivity index (χ0n) is 11.0. The van der Waals surface area contributed by atoms with Crippen molar-refractivity contribution < 1.29 is 9.13 Å². The molecule has 0 saturated carbocycles. The average molecular weight is 251 g/mol. The minimum atomic E-state index is -0.166. The summed E-state index contributed by atoms with van der Waals surface area (Å²) in [6.07, 6.45) is 5.13. The molecular formula is C15H22FNO. The second-order valence-corrected chi connectivity index (χ2v) is 5.01. The van der Waals surface area contributed by atoms with Crippen LogP contribution in [-0.4, -0.2) is 19.3 Å². The smallest absolute Gasteiger partial charge is 0.123 e. The average Bonchev–Trinajstić information content (AvgIpc) is 2.87. The predicted octanol–water partition coefficient (Wildman–Crippen LogP) is 3.44. The zero-order chi connectivity index (χ0) is 12.8. The largest absolute Gasteiger partial charge is 0.378 e. The van der Waals surface area contributed by atoms with Crippen LogP contribution >= 0.6 is 0 Å². The molecule has 0 aliphatic carbocycles. The molecule has 0 radical (unpaired) electrons. The predicted molar refractivity (Wildman–Crippen MR) is 71.0 cm³/mol. The molecular weight excluding hydrogens is 229 g/mol. The van der Waals surface area contributed by atoms with Crippen molar-refractivity contribution in [2.75, 3.05) is 13.2 Å². The number of nitrogens with one attached hydrogen (secondary N) is 1. The van der Waals surface area contributed by atoms with E-state index in [1.165, 1.54) is 18.9 Å². The highest BCUT2D eigenvalue weighted by Gasteiger charge is 2.14. The van der Waals surface area contributed by atoms with Gasteiger partial charge in [-0.15, -0.1) is 0 Å². The number of halogens is 1. The molecule has 1 aliphatic rings. The molecule has 0 bridgehead atoms. The molecule has 18 heavy (non-hydrogen) atoms. The summed E-state index contributed by atoms with van der Waals surface area (Å²) in [6, 6.07) is 6.99. The number of rotatable bonds is 6. The van der Waals surface area contributed by atoms with Crippen LogP contribution in [0.3, 0.4) is 0 Å². The molecule has 1 heterocycles. The van der Waals surface area contributed by atoms with Crippen LogP contribution in [0.1, 0.15) is 44.2 Å². The van der Waals surface area contributed by atoms with Gasteiger partial charge in [-0.05, 0) is 56.8 Å². The molecule has 1 aliphatic heterocycles. The van der Waals surface area contributed by atoms with Gasteiger partial charge in [0.05, 0.1) is 6.10 Å². The van der Waals surface area contributed by atoms with E-state index in [4.69, 9.17) is 4.74 Å². The first kappa shape index (κ1) is 13.5. The summed E-state index contributed by atoms with van der Waals surface area (Å²) < 4.78 is 18.7. The summed E-state index contributed by atoms with van der Waals surface area (Å²) >= 11 is 0. The summed E-state index contributed by atoms with van der Waals surface area (Å²) in [5.41, 5.74) is 1.01. The number of hydrogen-bond acceptors (Lipinski definition) is 2. The van der Waals surface area contributed by atoms with Crippen LogP contribution in [0.4, 0.5) is 4.39 Å². The van der Waals surface area contributed by atoms with Gasteiger partial charge >= 0.3 is 0 Å². The van der Waals surface area contributed by atoms with Gasteiger partial charge in [0.1, 0.15) is 5.82 Å². The second kappa shape index (κ2) is 6.86. The van der Waals surface area contributed by atoms with Gasteiger partial charge in [-0.2, -0.15) is 0 Å². The van der Waals surface area contributed by atoms with E-state index in [0.29, 0.717) is 6.10 Å².